The van der Waals surface area contributed by atoms with E-state index >= 15 is 0 Å². The van der Waals surface area contributed by atoms with Crippen molar-refractivity contribution in [1.29, 1.82) is 5.26 Å². The molecule has 194 valence electrons. The molecule has 3 fully saturated rings. The molecule has 2 bridgehead atoms. The maximum absolute atomic E-state index is 14.4. The number of aromatic amines is 1. The molecule has 2 heterocycles. The number of aliphatic carboxylic acids is 1. The highest BCUT2D eigenvalue weighted by Crippen LogP contribution is 2.46. The van der Waals surface area contributed by atoms with E-state index in [0.29, 0.717) is 34.5 Å². The first kappa shape index (κ1) is 24.3. The number of nitriles is 1. The molecule has 9 heteroatoms. The van der Waals surface area contributed by atoms with Gasteiger partial charge < -0.3 is 15.4 Å². The number of carbonyl (C=O) groups is 1. The van der Waals surface area contributed by atoms with Gasteiger partial charge in [-0.05, 0) is 67.6 Å². The number of aromatic nitrogens is 3. The van der Waals surface area contributed by atoms with Gasteiger partial charge in [-0.15, -0.1) is 0 Å². The molecule has 2 aromatic heterocycles. The molecular formula is C29H27F2N5O2. The highest BCUT2D eigenvalue weighted by molar-refractivity contribution is 5.94. The van der Waals surface area contributed by atoms with Gasteiger partial charge in [-0.2, -0.15) is 5.26 Å². The Hall–Kier alpha value is -4.06. The fraction of sp³-hybridized carbons (Fsp3) is 0.379. The van der Waals surface area contributed by atoms with Crippen molar-refractivity contribution in [3.8, 4) is 17.5 Å². The number of nitrogens with one attached hydrogen (secondary N) is 2. The van der Waals surface area contributed by atoms with Crippen LogP contribution in [0, 0.1) is 46.6 Å². The van der Waals surface area contributed by atoms with E-state index in [4.69, 9.17) is 9.97 Å². The van der Waals surface area contributed by atoms with E-state index in [-0.39, 0.29) is 35.1 Å². The maximum Gasteiger partial charge on any atom is 0.308 e. The van der Waals surface area contributed by atoms with E-state index < -0.39 is 23.5 Å². The molecule has 3 aromatic rings. The topological polar surface area (TPSA) is 115 Å². The van der Waals surface area contributed by atoms with Crippen molar-refractivity contribution in [3.05, 3.63) is 59.4 Å². The Morgan fingerprint density at radius 3 is 2.66 bits per heavy atom. The number of halogens is 2. The summed E-state index contributed by atoms with van der Waals surface area (Å²) in [4.78, 5) is 24.6. The number of allylic oxidation sites excluding steroid dienone is 4. The minimum absolute atomic E-state index is 0.118. The molecule has 4 aliphatic rings. The summed E-state index contributed by atoms with van der Waals surface area (Å²) >= 11 is 0. The van der Waals surface area contributed by atoms with Crippen molar-refractivity contribution in [3.63, 3.8) is 0 Å². The summed E-state index contributed by atoms with van der Waals surface area (Å²) in [6.07, 6.45) is 9.65. The molecule has 3 N–H and O–H groups in total. The SMILES string of the molecule is CC1C=CC(C#N)=C(c2cc(N[C@H]3C4CCC(CC4)[C@@H]3C(=O)O)nc(-c3c[nH]c4c(F)cc(F)cc34)n2)C1. The zero-order chi connectivity index (χ0) is 26.6. The lowest BCUT2D eigenvalue weighted by Crippen LogP contribution is -2.51. The second-order valence-corrected chi connectivity index (χ2v) is 10.7. The Morgan fingerprint density at radius 2 is 1.92 bits per heavy atom. The van der Waals surface area contributed by atoms with Gasteiger partial charge in [0.15, 0.2) is 5.82 Å². The summed E-state index contributed by atoms with van der Waals surface area (Å²) in [7, 11) is 0. The minimum Gasteiger partial charge on any atom is -0.481 e. The molecule has 0 spiro atoms. The monoisotopic (exact) mass is 515 g/mol. The fourth-order valence-electron chi connectivity index (χ4n) is 6.53. The van der Waals surface area contributed by atoms with Crippen LogP contribution < -0.4 is 5.32 Å². The third-order valence-electron chi connectivity index (χ3n) is 8.36. The maximum atomic E-state index is 14.4. The number of anilines is 1. The van der Waals surface area contributed by atoms with E-state index in [1.54, 1.807) is 18.3 Å². The predicted octanol–water partition coefficient (Wildman–Crippen LogP) is 6.08. The van der Waals surface area contributed by atoms with Crippen molar-refractivity contribution < 1.29 is 18.7 Å². The van der Waals surface area contributed by atoms with Crippen LogP contribution in [0.5, 0.6) is 0 Å². The summed E-state index contributed by atoms with van der Waals surface area (Å²) in [5, 5.41) is 23.6. The number of fused-ring (bicyclic) bond motifs is 4. The zero-order valence-electron chi connectivity index (χ0n) is 20.8. The molecule has 0 amide bonds. The van der Waals surface area contributed by atoms with Gasteiger partial charge >= 0.3 is 5.97 Å². The number of nitrogens with zero attached hydrogens (tertiary/aromatic N) is 3. The molecule has 1 aromatic carbocycles. The quantitative estimate of drug-likeness (QED) is 0.380. The molecule has 3 saturated carbocycles. The summed E-state index contributed by atoms with van der Waals surface area (Å²) in [5.74, 6) is -1.57. The van der Waals surface area contributed by atoms with Crippen LogP contribution in [0.1, 0.15) is 44.7 Å². The van der Waals surface area contributed by atoms with Crippen molar-refractivity contribution in [2.75, 3.05) is 5.32 Å². The van der Waals surface area contributed by atoms with Gasteiger partial charge in [-0.1, -0.05) is 13.0 Å². The molecule has 38 heavy (non-hydrogen) atoms. The summed E-state index contributed by atoms with van der Waals surface area (Å²) in [6, 6.07) is 5.77. The Balaban J connectivity index is 1.50. The van der Waals surface area contributed by atoms with E-state index in [1.807, 2.05) is 13.0 Å². The average Bonchev–Trinajstić information content (AvgIpc) is 3.33. The Kier molecular flexibility index (Phi) is 5.98. The van der Waals surface area contributed by atoms with Crippen molar-refractivity contribution in [2.24, 2.45) is 23.7 Å². The summed E-state index contributed by atoms with van der Waals surface area (Å²) < 4.78 is 28.6. The Morgan fingerprint density at radius 1 is 1.16 bits per heavy atom. The van der Waals surface area contributed by atoms with Crippen molar-refractivity contribution in [2.45, 2.75) is 45.1 Å². The number of benzene rings is 1. The van der Waals surface area contributed by atoms with Crippen LogP contribution in [-0.2, 0) is 4.79 Å². The van der Waals surface area contributed by atoms with E-state index in [0.717, 1.165) is 37.3 Å². The van der Waals surface area contributed by atoms with E-state index in [2.05, 4.69) is 16.4 Å². The smallest absolute Gasteiger partial charge is 0.308 e. The molecule has 0 radical (unpaired) electrons. The first-order valence-corrected chi connectivity index (χ1v) is 13.0. The first-order valence-electron chi connectivity index (χ1n) is 13.0. The molecule has 7 nitrogen and oxygen atoms in total. The number of hydrogen-bond acceptors (Lipinski definition) is 5. The van der Waals surface area contributed by atoms with Gasteiger partial charge in [-0.25, -0.2) is 18.7 Å². The Bertz CT molecular complexity index is 1540. The van der Waals surface area contributed by atoms with Crippen LogP contribution in [0.25, 0.3) is 27.9 Å². The van der Waals surface area contributed by atoms with Gasteiger partial charge in [0, 0.05) is 35.3 Å². The third-order valence-corrected chi connectivity index (χ3v) is 8.36. The predicted molar refractivity (Wildman–Crippen MR) is 139 cm³/mol. The second kappa shape index (κ2) is 9.35. The number of H-pyrrole nitrogens is 1. The summed E-state index contributed by atoms with van der Waals surface area (Å²) in [6.45, 7) is 2.05. The van der Waals surface area contributed by atoms with Crippen LogP contribution in [0.15, 0.2) is 42.1 Å². The molecule has 0 aliphatic heterocycles. The molecule has 0 saturated heterocycles. The van der Waals surface area contributed by atoms with Crippen LogP contribution in [0.4, 0.5) is 14.6 Å². The highest BCUT2D eigenvalue weighted by atomic mass is 19.1. The molecule has 7 rings (SSSR count). The van der Waals surface area contributed by atoms with Gasteiger partial charge in [0.05, 0.1) is 28.8 Å². The molecule has 1 unspecified atom stereocenters. The van der Waals surface area contributed by atoms with E-state index in [1.165, 1.54) is 6.07 Å². The third kappa shape index (κ3) is 4.14. The van der Waals surface area contributed by atoms with Crippen LogP contribution in [-0.4, -0.2) is 32.1 Å². The number of carboxylic acid groups (broad SMARTS) is 1. The van der Waals surface area contributed by atoms with Crippen LogP contribution >= 0.6 is 0 Å². The number of carboxylic acids is 1. The lowest BCUT2D eigenvalue weighted by Gasteiger charge is -2.47. The number of rotatable bonds is 5. The van der Waals surface area contributed by atoms with Gasteiger partial charge in [0.2, 0.25) is 0 Å². The summed E-state index contributed by atoms with van der Waals surface area (Å²) in [5.41, 5.74) is 2.35. The van der Waals surface area contributed by atoms with Gasteiger partial charge in [-0.3, -0.25) is 4.79 Å². The van der Waals surface area contributed by atoms with Crippen molar-refractivity contribution in [1.82, 2.24) is 15.0 Å². The van der Waals surface area contributed by atoms with Gasteiger partial charge in [0.1, 0.15) is 17.5 Å². The molecule has 4 aliphatic carbocycles. The van der Waals surface area contributed by atoms with E-state index in [9.17, 15) is 23.9 Å². The first-order chi connectivity index (χ1) is 18.3. The standard InChI is InChI=1S/C29H27F2N5O2/c1-14-2-3-17(12-32)19(8-14)23-11-24(35-26-16-6-4-15(5-7-16)25(26)29(37)38)36-28(34-23)21-13-33-27-20(21)9-18(30)10-22(27)31/h2-3,9-11,13-16,25-26,33H,4-8H2,1H3,(H,37,38)(H,34,35,36)/t14?,15?,16?,25-,26-/m0/s1. The van der Waals surface area contributed by atoms with Crippen molar-refractivity contribution >= 4 is 28.3 Å². The number of hydrogen-bond donors (Lipinski definition) is 3. The largest absolute Gasteiger partial charge is 0.481 e. The van der Waals surface area contributed by atoms with Crippen LogP contribution in [0.3, 0.4) is 0 Å². The molecule has 3 atom stereocenters. The fourth-order valence-corrected chi connectivity index (χ4v) is 6.53. The highest BCUT2D eigenvalue weighted by Gasteiger charge is 2.47. The molecular weight excluding hydrogens is 488 g/mol. The lowest BCUT2D eigenvalue weighted by molar-refractivity contribution is -0.148. The van der Waals surface area contributed by atoms with Gasteiger partial charge in [0.25, 0.3) is 0 Å². The zero-order valence-corrected chi connectivity index (χ0v) is 20.8. The Labute approximate surface area is 218 Å². The van der Waals surface area contributed by atoms with Crippen LogP contribution in [0.2, 0.25) is 0 Å². The lowest BCUT2D eigenvalue weighted by atomic mass is 9.61. The average molecular weight is 516 g/mol. The normalized spacial score (nSPS) is 26.5. The second-order valence-electron chi connectivity index (χ2n) is 10.7. The minimum atomic E-state index is -0.810.